The molecule has 0 radical (unpaired) electrons. The van der Waals surface area contributed by atoms with Gasteiger partial charge in [-0.1, -0.05) is 34.4 Å². The summed E-state index contributed by atoms with van der Waals surface area (Å²) in [5.74, 6) is -1.54. The summed E-state index contributed by atoms with van der Waals surface area (Å²) in [6.45, 7) is 0.847. The molecule has 1 saturated heterocycles. The lowest BCUT2D eigenvalue weighted by atomic mass is 9.66. The predicted molar refractivity (Wildman–Crippen MR) is 150 cm³/mol. The van der Waals surface area contributed by atoms with Gasteiger partial charge in [-0.25, -0.2) is 14.2 Å². The molecule has 2 aromatic heterocycles. The number of carboxylic acid groups (broad SMARTS) is 1. The van der Waals surface area contributed by atoms with Crippen LogP contribution in [0.5, 0.6) is 0 Å². The van der Waals surface area contributed by atoms with E-state index in [-0.39, 0.29) is 35.6 Å². The minimum atomic E-state index is -1.34. The summed E-state index contributed by atoms with van der Waals surface area (Å²) in [6, 6.07) is 7.65. The van der Waals surface area contributed by atoms with Gasteiger partial charge in [0.15, 0.2) is 5.82 Å². The van der Waals surface area contributed by atoms with E-state index in [1.54, 1.807) is 18.2 Å². The highest BCUT2D eigenvalue weighted by molar-refractivity contribution is 7.18. The third-order valence-electron chi connectivity index (χ3n) is 8.45. The largest absolute Gasteiger partial charge is 0.478 e. The maximum Gasteiger partial charge on any atom is 0.335 e. The molecule has 214 valence electrons. The maximum atomic E-state index is 14.7. The zero-order valence-corrected chi connectivity index (χ0v) is 23.9. The second-order valence-electron chi connectivity index (χ2n) is 11.0. The van der Waals surface area contributed by atoms with Gasteiger partial charge < -0.3 is 24.2 Å². The zero-order chi connectivity index (χ0) is 28.5. The molecule has 2 N–H and O–H groups in total. The number of aromatic nitrogens is 2. The summed E-state index contributed by atoms with van der Waals surface area (Å²) in [4.78, 5) is 15.9. The highest BCUT2D eigenvalue weighted by Gasteiger charge is 2.55. The summed E-state index contributed by atoms with van der Waals surface area (Å²) in [5, 5.41) is 27.1. The first kappa shape index (κ1) is 27.2. The maximum absolute atomic E-state index is 14.7. The number of nitrogens with zero attached hydrogens (tertiary/aromatic N) is 2. The molecule has 12 heteroatoms. The van der Waals surface area contributed by atoms with E-state index in [0.29, 0.717) is 63.0 Å². The van der Waals surface area contributed by atoms with Crippen LogP contribution in [-0.4, -0.2) is 45.6 Å². The molecule has 2 aromatic carbocycles. The molecule has 2 aliphatic carbocycles. The number of hydrogen-bond acceptors (Lipinski definition) is 8. The van der Waals surface area contributed by atoms with Crippen LogP contribution in [0.15, 0.2) is 34.9 Å². The van der Waals surface area contributed by atoms with Gasteiger partial charge in [0.2, 0.25) is 0 Å². The van der Waals surface area contributed by atoms with Crippen LogP contribution < -0.4 is 0 Å². The number of carbonyl (C=O) groups is 1. The highest BCUT2D eigenvalue weighted by atomic mass is 35.5. The van der Waals surface area contributed by atoms with Gasteiger partial charge in [0.05, 0.1) is 46.2 Å². The lowest BCUT2D eigenvalue weighted by Gasteiger charge is -2.50. The van der Waals surface area contributed by atoms with Crippen LogP contribution in [-0.2, 0) is 21.7 Å². The zero-order valence-electron chi connectivity index (χ0n) is 21.6. The standard InChI is InChI=1S/C29H25Cl2FN2O6S/c30-19-2-1-3-20(31)23(19)24-18(26(40-34-24)13-4-5-13)12-39-17-8-15-10-38-11-16(9-17)29(15,37)28-33-25-21(32)6-14(27(35)36)7-22(25)41-28/h1-3,6-7,13,15-17,37H,4-5,8-12H2,(H,35,36)/t15-,16+,17?,29+. The minimum Gasteiger partial charge on any atom is -0.478 e. The van der Waals surface area contributed by atoms with E-state index in [1.165, 1.54) is 6.07 Å². The Morgan fingerprint density at radius 3 is 2.54 bits per heavy atom. The number of halogens is 3. The Morgan fingerprint density at radius 1 is 1.17 bits per heavy atom. The first-order valence-electron chi connectivity index (χ1n) is 13.4. The highest BCUT2D eigenvalue weighted by Crippen LogP contribution is 2.52. The van der Waals surface area contributed by atoms with E-state index >= 15 is 0 Å². The average Bonchev–Trinajstić information content (AvgIpc) is 3.52. The summed E-state index contributed by atoms with van der Waals surface area (Å²) in [7, 11) is 0. The number of fused-ring (bicyclic) bond motifs is 3. The van der Waals surface area contributed by atoms with Gasteiger partial charge in [0, 0.05) is 28.9 Å². The van der Waals surface area contributed by atoms with E-state index in [9.17, 15) is 19.4 Å². The normalized spacial score (nSPS) is 26.0. The molecule has 41 heavy (non-hydrogen) atoms. The quantitative estimate of drug-likeness (QED) is 0.232. The van der Waals surface area contributed by atoms with Crippen LogP contribution in [0.25, 0.3) is 21.5 Å². The molecular weight excluding hydrogens is 594 g/mol. The van der Waals surface area contributed by atoms with Crippen molar-refractivity contribution in [2.75, 3.05) is 13.2 Å². The first-order chi connectivity index (χ1) is 19.7. The van der Waals surface area contributed by atoms with Crippen molar-refractivity contribution in [1.29, 1.82) is 0 Å². The molecule has 1 aliphatic heterocycles. The summed E-state index contributed by atoms with van der Waals surface area (Å²) < 4.78 is 33.2. The van der Waals surface area contributed by atoms with E-state index in [2.05, 4.69) is 10.1 Å². The van der Waals surface area contributed by atoms with Crippen molar-refractivity contribution in [3.05, 3.63) is 68.1 Å². The number of benzene rings is 2. The van der Waals surface area contributed by atoms with Crippen LogP contribution in [0.1, 0.15) is 58.3 Å². The number of hydrogen-bond donors (Lipinski definition) is 2. The van der Waals surface area contributed by atoms with Crippen molar-refractivity contribution in [1.82, 2.24) is 10.1 Å². The third kappa shape index (κ3) is 4.65. The van der Waals surface area contributed by atoms with Crippen LogP contribution in [0, 0.1) is 17.7 Å². The van der Waals surface area contributed by atoms with Crippen LogP contribution in [0.3, 0.4) is 0 Å². The Morgan fingerprint density at radius 2 is 1.88 bits per heavy atom. The van der Waals surface area contributed by atoms with Gasteiger partial charge in [-0.3, -0.25) is 0 Å². The van der Waals surface area contributed by atoms with Crippen molar-refractivity contribution < 1.29 is 33.4 Å². The molecule has 0 amide bonds. The van der Waals surface area contributed by atoms with E-state index in [0.717, 1.165) is 41.6 Å². The fraction of sp³-hybridized carbons (Fsp3) is 0.414. The van der Waals surface area contributed by atoms with Gasteiger partial charge in [-0.2, -0.15) is 0 Å². The molecule has 3 aliphatic rings. The molecule has 4 aromatic rings. The lowest BCUT2D eigenvalue weighted by molar-refractivity contribution is -0.209. The van der Waals surface area contributed by atoms with Crippen molar-refractivity contribution in [3.8, 4) is 11.3 Å². The van der Waals surface area contributed by atoms with Crippen LogP contribution >= 0.6 is 34.5 Å². The number of ether oxygens (including phenoxy) is 2. The Hall–Kier alpha value is -2.60. The van der Waals surface area contributed by atoms with Gasteiger partial charge in [0.1, 0.15) is 27.6 Å². The molecule has 3 fully saturated rings. The molecule has 2 bridgehead atoms. The van der Waals surface area contributed by atoms with Crippen LogP contribution in [0.2, 0.25) is 10.0 Å². The van der Waals surface area contributed by atoms with Crippen molar-refractivity contribution in [3.63, 3.8) is 0 Å². The Bertz CT molecular complexity index is 1640. The average molecular weight is 619 g/mol. The SMILES string of the molecule is O=C(O)c1cc(F)c2nc([C@@]3(O)[C@@H]4COC[C@H]3CC(OCc3c(-c5c(Cl)cccc5Cl)noc3C3CC3)C4)sc2c1. The van der Waals surface area contributed by atoms with E-state index < -0.39 is 17.4 Å². The summed E-state index contributed by atoms with van der Waals surface area (Å²) in [5.41, 5.74) is 0.587. The van der Waals surface area contributed by atoms with Gasteiger partial charge in [-0.15, -0.1) is 11.3 Å². The number of rotatable bonds is 7. The number of aliphatic hydroxyl groups is 1. The van der Waals surface area contributed by atoms with Crippen molar-refractivity contribution in [2.24, 2.45) is 11.8 Å². The molecule has 4 atom stereocenters. The van der Waals surface area contributed by atoms with E-state index in [1.807, 2.05) is 0 Å². The number of aromatic carboxylic acids is 1. The van der Waals surface area contributed by atoms with Crippen molar-refractivity contribution in [2.45, 2.75) is 49.9 Å². The van der Waals surface area contributed by atoms with Gasteiger partial charge in [-0.05, 0) is 49.9 Å². The molecule has 3 heterocycles. The summed E-state index contributed by atoms with van der Waals surface area (Å²) >= 11 is 14.1. The van der Waals surface area contributed by atoms with E-state index in [4.69, 9.17) is 37.2 Å². The van der Waals surface area contributed by atoms with Crippen molar-refractivity contribution >= 4 is 50.7 Å². The predicted octanol–water partition coefficient (Wildman–Crippen LogP) is 6.80. The molecule has 8 nitrogen and oxygen atoms in total. The second-order valence-corrected chi connectivity index (χ2v) is 12.9. The fourth-order valence-electron chi connectivity index (χ4n) is 6.18. The Balaban J connectivity index is 1.15. The molecular formula is C29H25Cl2FN2O6S. The smallest absolute Gasteiger partial charge is 0.335 e. The monoisotopic (exact) mass is 618 g/mol. The summed E-state index contributed by atoms with van der Waals surface area (Å²) in [6.07, 6.45) is 2.85. The Kier molecular flexibility index (Phi) is 6.84. The van der Waals surface area contributed by atoms with Gasteiger partial charge >= 0.3 is 5.97 Å². The topological polar surface area (TPSA) is 115 Å². The van der Waals surface area contributed by atoms with Crippen LogP contribution in [0.4, 0.5) is 4.39 Å². The molecule has 2 saturated carbocycles. The third-order valence-corrected chi connectivity index (χ3v) is 10.2. The fourth-order valence-corrected chi connectivity index (χ4v) is 8.03. The number of thiazole rings is 1. The van der Waals surface area contributed by atoms with Gasteiger partial charge in [0.25, 0.3) is 0 Å². The lowest BCUT2D eigenvalue weighted by Crippen LogP contribution is -2.55. The molecule has 7 rings (SSSR count). The second kappa shape index (κ2) is 10.3. The Labute approximate surface area is 248 Å². The molecule has 0 spiro atoms. The molecule has 1 unspecified atom stereocenters. The first-order valence-corrected chi connectivity index (χ1v) is 15.0. The number of carboxylic acids is 1. The minimum absolute atomic E-state index is 0.0617.